The Bertz CT molecular complexity index is 727. The van der Waals surface area contributed by atoms with Gasteiger partial charge in [0.05, 0.1) is 4.90 Å². The van der Waals surface area contributed by atoms with Gasteiger partial charge in [-0.05, 0) is 42.3 Å². The summed E-state index contributed by atoms with van der Waals surface area (Å²) in [5.74, 6) is -1.58. The highest BCUT2D eigenvalue weighted by atomic mass is 32.2. The Morgan fingerprint density at radius 3 is 2.33 bits per heavy atom. The minimum Gasteiger partial charge on any atom is -0.508 e. The molecule has 0 saturated carbocycles. The second-order valence-corrected chi connectivity index (χ2v) is 6.19. The van der Waals surface area contributed by atoms with Crippen molar-refractivity contribution in [2.75, 3.05) is 6.54 Å². The molecule has 0 aromatic heterocycles. The molecule has 2 aromatic rings. The van der Waals surface area contributed by atoms with Gasteiger partial charge >= 0.3 is 0 Å². The number of aromatic hydroxyl groups is 1. The second-order valence-electron chi connectivity index (χ2n) is 4.42. The highest BCUT2D eigenvalue weighted by Gasteiger charge is 2.13. The summed E-state index contributed by atoms with van der Waals surface area (Å²) < 4.78 is 52.2. The molecule has 0 radical (unpaired) electrons. The highest BCUT2D eigenvalue weighted by molar-refractivity contribution is 7.89. The van der Waals surface area contributed by atoms with Crippen LogP contribution in [0.25, 0.3) is 0 Å². The molecule has 112 valence electrons. The number of sulfonamides is 1. The third-order valence-electron chi connectivity index (χ3n) is 2.76. The maximum atomic E-state index is 13.0. The molecule has 4 nitrogen and oxygen atoms in total. The van der Waals surface area contributed by atoms with Crippen molar-refractivity contribution in [3.63, 3.8) is 0 Å². The Morgan fingerprint density at radius 2 is 1.71 bits per heavy atom. The second kappa shape index (κ2) is 6.19. The van der Waals surface area contributed by atoms with Gasteiger partial charge in [0.2, 0.25) is 10.0 Å². The van der Waals surface area contributed by atoms with Crippen LogP contribution in [0.4, 0.5) is 8.78 Å². The minimum atomic E-state index is -3.77. The minimum absolute atomic E-state index is 0.0130. The SMILES string of the molecule is O=S(=O)(NCCc1cc(F)cc(F)c1)c1cccc(O)c1. The lowest BCUT2D eigenvalue weighted by molar-refractivity contribution is 0.473. The van der Waals surface area contributed by atoms with Gasteiger partial charge in [-0.15, -0.1) is 0 Å². The molecule has 0 aliphatic carbocycles. The molecule has 0 atom stereocenters. The molecule has 21 heavy (non-hydrogen) atoms. The number of hydrogen-bond donors (Lipinski definition) is 2. The van der Waals surface area contributed by atoms with E-state index in [0.717, 1.165) is 24.3 Å². The molecule has 0 fully saturated rings. The van der Waals surface area contributed by atoms with E-state index >= 15 is 0 Å². The summed E-state index contributed by atoms with van der Waals surface area (Å²) in [4.78, 5) is -0.0760. The van der Waals surface area contributed by atoms with E-state index in [0.29, 0.717) is 5.56 Å². The Balaban J connectivity index is 2.02. The van der Waals surface area contributed by atoms with Crippen LogP contribution in [0.5, 0.6) is 5.75 Å². The standard InChI is InChI=1S/C14H13F2NO3S/c15-11-6-10(7-12(16)8-11)4-5-17-21(19,20)14-3-1-2-13(18)9-14/h1-3,6-9,17-18H,4-5H2. The number of nitrogens with one attached hydrogen (secondary N) is 1. The number of hydrogen-bond acceptors (Lipinski definition) is 3. The van der Waals surface area contributed by atoms with E-state index in [2.05, 4.69) is 4.72 Å². The summed E-state index contributed by atoms with van der Waals surface area (Å²) in [5.41, 5.74) is 0.353. The Morgan fingerprint density at radius 1 is 1.05 bits per heavy atom. The van der Waals surface area contributed by atoms with Crippen molar-refractivity contribution in [3.05, 3.63) is 59.7 Å². The van der Waals surface area contributed by atoms with E-state index in [9.17, 15) is 22.3 Å². The van der Waals surface area contributed by atoms with Crippen LogP contribution < -0.4 is 4.72 Å². The van der Waals surface area contributed by atoms with Gasteiger partial charge in [-0.2, -0.15) is 0 Å². The lowest BCUT2D eigenvalue weighted by Gasteiger charge is -2.07. The maximum Gasteiger partial charge on any atom is 0.240 e. The molecule has 0 heterocycles. The lowest BCUT2D eigenvalue weighted by atomic mass is 10.1. The first-order valence-electron chi connectivity index (χ1n) is 6.10. The van der Waals surface area contributed by atoms with Crippen molar-refractivity contribution in [3.8, 4) is 5.75 Å². The molecule has 0 saturated heterocycles. The number of rotatable bonds is 5. The monoisotopic (exact) mass is 313 g/mol. The van der Waals surface area contributed by atoms with Crippen molar-refractivity contribution in [2.24, 2.45) is 0 Å². The molecule has 2 aromatic carbocycles. The van der Waals surface area contributed by atoms with Crippen LogP contribution in [0, 0.1) is 11.6 Å². The van der Waals surface area contributed by atoms with Gasteiger partial charge in [-0.3, -0.25) is 0 Å². The number of halogens is 2. The molecular formula is C14H13F2NO3S. The van der Waals surface area contributed by atoms with Crippen LogP contribution in [0.15, 0.2) is 47.4 Å². The van der Waals surface area contributed by atoms with E-state index in [-0.39, 0.29) is 23.6 Å². The predicted molar refractivity (Wildman–Crippen MR) is 73.4 cm³/mol. The third-order valence-corrected chi connectivity index (χ3v) is 4.21. The van der Waals surface area contributed by atoms with Gasteiger partial charge in [0.15, 0.2) is 0 Å². The first-order valence-corrected chi connectivity index (χ1v) is 7.59. The van der Waals surface area contributed by atoms with Crippen molar-refractivity contribution < 1.29 is 22.3 Å². The largest absolute Gasteiger partial charge is 0.508 e. The average molecular weight is 313 g/mol. The fraction of sp³-hybridized carbons (Fsp3) is 0.143. The van der Waals surface area contributed by atoms with Crippen LogP contribution >= 0.6 is 0 Å². The fourth-order valence-corrected chi connectivity index (χ4v) is 2.89. The van der Waals surface area contributed by atoms with Crippen LogP contribution in [0.2, 0.25) is 0 Å². The summed E-state index contributed by atoms with van der Waals surface area (Å²) in [7, 11) is -3.77. The predicted octanol–water partition coefficient (Wildman–Crippen LogP) is 2.19. The summed E-state index contributed by atoms with van der Waals surface area (Å²) in [6, 6.07) is 8.26. The number of phenols is 1. The van der Waals surface area contributed by atoms with E-state index in [1.165, 1.54) is 18.2 Å². The summed E-state index contributed by atoms with van der Waals surface area (Å²) in [6.07, 6.45) is 0.146. The highest BCUT2D eigenvalue weighted by Crippen LogP contribution is 2.15. The summed E-state index contributed by atoms with van der Waals surface area (Å²) in [5, 5.41) is 9.27. The van der Waals surface area contributed by atoms with Gasteiger partial charge in [0, 0.05) is 12.6 Å². The first-order chi connectivity index (χ1) is 9.87. The molecule has 2 rings (SSSR count). The fourth-order valence-electron chi connectivity index (χ4n) is 1.82. The van der Waals surface area contributed by atoms with Gasteiger partial charge in [-0.25, -0.2) is 21.9 Å². The van der Waals surface area contributed by atoms with E-state index in [4.69, 9.17) is 0 Å². The lowest BCUT2D eigenvalue weighted by Crippen LogP contribution is -2.26. The summed E-state index contributed by atoms with van der Waals surface area (Å²) >= 11 is 0. The maximum absolute atomic E-state index is 13.0. The van der Waals surface area contributed by atoms with Crippen LogP contribution in [-0.2, 0) is 16.4 Å². The molecule has 0 spiro atoms. The first kappa shape index (κ1) is 15.4. The van der Waals surface area contributed by atoms with Crippen LogP contribution in [0.3, 0.4) is 0 Å². The Hall–Kier alpha value is -1.99. The smallest absolute Gasteiger partial charge is 0.240 e. The summed E-state index contributed by atoms with van der Waals surface area (Å²) in [6.45, 7) is -0.0130. The zero-order valence-electron chi connectivity index (χ0n) is 10.9. The van der Waals surface area contributed by atoms with Crippen molar-refractivity contribution in [2.45, 2.75) is 11.3 Å². The quantitative estimate of drug-likeness (QED) is 0.889. The molecule has 0 bridgehead atoms. The van der Waals surface area contributed by atoms with Gasteiger partial charge in [0.25, 0.3) is 0 Å². The normalized spacial score (nSPS) is 11.5. The van der Waals surface area contributed by atoms with Crippen LogP contribution in [0.1, 0.15) is 5.56 Å². The molecule has 0 aliphatic heterocycles. The van der Waals surface area contributed by atoms with Crippen LogP contribution in [-0.4, -0.2) is 20.1 Å². The molecular weight excluding hydrogens is 300 g/mol. The van der Waals surface area contributed by atoms with Crippen molar-refractivity contribution in [1.29, 1.82) is 0 Å². The zero-order chi connectivity index (χ0) is 15.5. The molecule has 7 heteroatoms. The van der Waals surface area contributed by atoms with Gasteiger partial charge in [-0.1, -0.05) is 6.07 Å². The third kappa shape index (κ3) is 4.24. The molecule has 0 aliphatic rings. The topological polar surface area (TPSA) is 66.4 Å². The Kier molecular flexibility index (Phi) is 4.54. The Labute approximate surface area is 121 Å². The van der Waals surface area contributed by atoms with E-state index in [1.807, 2.05) is 0 Å². The van der Waals surface area contributed by atoms with Gasteiger partial charge in [0.1, 0.15) is 17.4 Å². The van der Waals surface area contributed by atoms with Gasteiger partial charge < -0.3 is 5.11 Å². The molecule has 0 amide bonds. The molecule has 0 unspecified atom stereocenters. The van der Waals surface area contributed by atoms with E-state index in [1.54, 1.807) is 0 Å². The molecule has 2 N–H and O–H groups in total. The zero-order valence-corrected chi connectivity index (χ0v) is 11.7. The van der Waals surface area contributed by atoms with E-state index < -0.39 is 21.7 Å². The van der Waals surface area contributed by atoms with Crippen molar-refractivity contribution >= 4 is 10.0 Å². The average Bonchev–Trinajstić information content (AvgIpc) is 2.37. The van der Waals surface area contributed by atoms with Crippen molar-refractivity contribution in [1.82, 2.24) is 4.72 Å². The number of benzene rings is 2. The number of phenolic OH excluding ortho intramolecular Hbond substituents is 1.